The summed E-state index contributed by atoms with van der Waals surface area (Å²) in [6, 6.07) is 9.56. The highest BCUT2D eigenvalue weighted by Crippen LogP contribution is 2.35. The fraction of sp³-hybridized carbons (Fsp3) is 0.435. The van der Waals surface area contributed by atoms with Crippen LogP contribution in [-0.4, -0.2) is 59.9 Å². The Morgan fingerprint density at radius 3 is 2.66 bits per heavy atom. The van der Waals surface area contributed by atoms with Crippen molar-refractivity contribution in [3.63, 3.8) is 0 Å². The zero-order chi connectivity index (χ0) is 23.3. The van der Waals surface area contributed by atoms with Crippen molar-refractivity contribution in [2.45, 2.75) is 38.8 Å². The molecule has 32 heavy (non-hydrogen) atoms. The summed E-state index contributed by atoms with van der Waals surface area (Å²) in [6.45, 7) is 6.01. The van der Waals surface area contributed by atoms with Crippen LogP contribution in [0.4, 0.5) is 9.18 Å². The van der Waals surface area contributed by atoms with Crippen LogP contribution < -0.4 is 5.32 Å². The van der Waals surface area contributed by atoms with Crippen LogP contribution in [0.1, 0.15) is 43.7 Å². The lowest BCUT2D eigenvalue weighted by Gasteiger charge is -2.29. The number of hydrazone groups is 1. The van der Waals surface area contributed by atoms with Crippen LogP contribution in [0.5, 0.6) is 0 Å². The maximum atomic E-state index is 14.4. The molecule has 2 aromatic rings. The number of thiophene rings is 1. The Balaban J connectivity index is 1.85. The van der Waals surface area contributed by atoms with Gasteiger partial charge in [0.2, 0.25) is 0 Å². The molecule has 0 saturated carbocycles. The molecule has 1 aromatic carbocycles. The second-order valence-electron chi connectivity index (χ2n) is 8.59. The number of ether oxygens (including phenoxy) is 1. The summed E-state index contributed by atoms with van der Waals surface area (Å²) in [4.78, 5) is 28.5. The van der Waals surface area contributed by atoms with Gasteiger partial charge in [-0.3, -0.25) is 4.79 Å². The van der Waals surface area contributed by atoms with Crippen molar-refractivity contribution in [3.05, 3.63) is 58.0 Å². The maximum Gasteiger partial charge on any atom is 0.318 e. The first-order valence-corrected chi connectivity index (χ1v) is 11.3. The molecule has 3 amide bonds. The molecule has 172 valence electrons. The molecule has 1 unspecified atom stereocenters. The molecular weight excluding hydrogens is 431 g/mol. The third-order valence-corrected chi connectivity index (χ3v) is 5.86. The van der Waals surface area contributed by atoms with Gasteiger partial charge in [-0.25, -0.2) is 14.2 Å². The van der Waals surface area contributed by atoms with Crippen LogP contribution in [0.25, 0.3) is 0 Å². The van der Waals surface area contributed by atoms with E-state index < -0.39 is 5.54 Å². The largest absolute Gasteiger partial charge is 0.383 e. The summed E-state index contributed by atoms with van der Waals surface area (Å²) in [6.07, 6.45) is 0.402. The fourth-order valence-corrected chi connectivity index (χ4v) is 4.20. The van der Waals surface area contributed by atoms with Gasteiger partial charge >= 0.3 is 6.03 Å². The smallest absolute Gasteiger partial charge is 0.318 e. The van der Waals surface area contributed by atoms with E-state index >= 15 is 0 Å². The lowest BCUT2D eigenvalue weighted by atomic mass is 10.0. The number of carbonyl (C=O) groups excluding carboxylic acids is 2. The topological polar surface area (TPSA) is 74.2 Å². The van der Waals surface area contributed by atoms with E-state index in [1.54, 1.807) is 25.3 Å². The van der Waals surface area contributed by atoms with E-state index in [4.69, 9.17) is 4.74 Å². The van der Waals surface area contributed by atoms with Crippen LogP contribution in [-0.2, 0) is 9.53 Å². The molecule has 0 bridgehead atoms. The van der Waals surface area contributed by atoms with E-state index in [0.29, 0.717) is 24.3 Å². The van der Waals surface area contributed by atoms with Crippen molar-refractivity contribution in [3.8, 4) is 0 Å². The van der Waals surface area contributed by atoms with Crippen molar-refractivity contribution >= 4 is 29.0 Å². The highest BCUT2D eigenvalue weighted by atomic mass is 32.1. The van der Waals surface area contributed by atoms with Crippen LogP contribution in [0.2, 0.25) is 0 Å². The minimum atomic E-state index is -0.450. The molecule has 7 nitrogen and oxygen atoms in total. The molecule has 3 rings (SSSR count). The minimum Gasteiger partial charge on any atom is -0.383 e. The predicted octanol–water partition coefficient (Wildman–Crippen LogP) is 4.02. The van der Waals surface area contributed by atoms with Crippen LogP contribution in [0.15, 0.2) is 46.9 Å². The maximum absolute atomic E-state index is 14.4. The number of methoxy groups -OCH3 is 1. The van der Waals surface area contributed by atoms with Gasteiger partial charge in [-0.15, -0.1) is 11.3 Å². The number of benzene rings is 1. The zero-order valence-corrected chi connectivity index (χ0v) is 19.6. The number of carbonyl (C=O) groups is 2. The highest BCUT2D eigenvalue weighted by Gasteiger charge is 2.35. The third kappa shape index (κ3) is 5.92. The molecule has 0 saturated heterocycles. The van der Waals surface area contributed by atoms with Crippen molar-refractivity contribution in [1.82, 2.24) is 15.2 Å². The van der Waals surface area contributed by atoms with E-state index in [0.717, 1.165) is 4.88 Å². The van der Waals surface area contributed by atoms with Crippen molar-refractivity contribution in [2.24, 2.45) is 5.10 Å². The van der Waals surface area contributed by atoms with Crippen molar-refractivity contribution in [2.75, 3.05) is 26.8 Å². The Hall–Kier alpha value is -2.78. The molecule has 0 radical (unpaired) electrons. The highest BCUT2D eigenvalue weighted by molar-refractivity contribution is 7.10. The molecule has 1 N–H and O–H groups in total. The number of hydrogen-bond donors (Lipinski definition) is 1. The fourth-order valence-electron chi connectivity index (χ4n) is 3.39. The second kappa shape index (κ2) is 10.2. The van der Waals surface area contributed by atoms with Gasteiger partial charge in [0, 0.05) is 36.1 Å². The summed E-state index contributed by atoms with van der Waals surface area (Å²) in [5, 5.41) is 10.7. The van der Waals surface area contributed by atoms with Gasteiger partial charge in [0.1, 0.15) is 12.4 Å². The summed E-state index contributed by atoms with van der Waals surface area (Å²) >= 11 is 1.52. The predicted molar refractivity (Wildman–Crippen MR) is 123 cm³/mol. The van der Waals surface area contributed by atoms with Crippen molar-refractivity contribution in [1.29, 1.82) is 0 Å². The molecular formula is C23H29FN4O3S. The summed E-state index contributed by atoms with van der Waals surface area (Å²) in [5.74, 6) is -0.716. The minimum absolute atomic E-state index is 0.165. The molecule has 1 aromatic heterocycles. The second-order valence-corrected chi connectivity index (χ2v) is 9.57. The lowest BCUT2D eigenvalue weighted by Crippen LogP contribution is -2.52. The molecule has 0 spiro atoms. The number of urea groups is 1. The zero-order valence-electron chi connectivity index (χ0n) is 18.8. The first-order chi connectivity index (χ1) is 15.2. The lowest BCUT2D eigenvalue weighted by molar-refractivity contribution is -0.133. The van der Waals surface area contributed by atoms with Gasteiger partial charge in [0.05, 0.1) is 18.4 Å². The van der Waals surface area contributed by atoms with Gasteiger partial charge in [0.15, 0.2) is 0 Å². The Kier molecular flexibility index (Phi) is 7.63. The van der Waals surface area contributed by atoms with E-state index in [9.17, 15) is 14.0 Å². The first-order valence-electron chi connectivity index (χ1n) is 10.4. The third-order valence-electron chi connectivity index (χ3n) is 4.88. The molecule has 9 heteroatoms. The van der Waals surface area contributed by atoms with Crippen LogP contribution >= 0.6 is 11.3 Å². The average Bonchev–Trinajstić information content (AvgIpc) is 3.39. The summed E-state index contributed by atoms with van der Waals surface area (Å²) < 4.78 is 19.5. The molecule has 0 aliphatic carbocycles. The Bertz CT molecular complexity index is 972. The SMILES string of the molecule is COCCN(CC(=O)N1N=C(c2ccccc2F)CC1c1cccs1)C(=O)NC(C)(C)C. The molecule has 1 aliphatic rings. The quantitative estimate of drug-likeness (QED) is 0.678. The number of hydrogen-bond acceptors (Lipinski definition) is 5. The van der Waals surface area contributed by atoms with E-state index in [1.807, 2.05) is 38.3 Å². The number of halogens is 1. The summed E-state index contributed by atoms with van der Waals surface area (Å²) in [5.41, 5.74) is 0.442. The molecule has 1 aliphatic heterocycles. The van der Waals surface area contributed by atoms with Gasteiger partial charge in [-0.1, -0.05) is 24.3 Å². The van der Waals surface area contributed by atoms with E-state index in [-0.39, 0.29) is 36.9 Å². The Morgan fingerprint density at radius 2 is 2.03 bits per heavy atom. The standard InChI is InChI=1S/C23H29FN4O3S/c1-23(2,3)25-22(30)27(11-12-31-4)15-21(29)28-19(20-10-7-13-32-20)14-18(26-28)16-8-5-6-9-17(16)24/h5-10,13,19H,11-12,14-15H2,1-4H3,(H,25,30). The number of nitrogens with one attached hydrogen (secondary N) is 1. The molecule has 2 heterocycles. The average molecular weight is 461 g/mol. The number of rotatable bonds is 7. The van der Waals surface area contributed by atoms with E-state index in [1.165, 1.54) is 27.3 Å². The van der Waals surface area contributed by atoms with Gasteiger partial charge in [-0.2, -0.15) is 5.10 Å². The van der Waals surface area contributed by atoms with Gasteiger partial charge in [0.25, 0.3) is 5.91 Å². The Labute approximate surface area is 191 Å². The molecule has 0 fully saturated rings. The Morgan fingerprint density at radius 1 is 1.28 bits per heavy atom. The van der Waals surface area contributed by atoms with Gasteiger partial charge in [-0.05, 0) is 38.3 Å². The number of amides is 3. The van der Waals surface area contributed by atoms with Crippen LogP contribution in [0, 0.1) is 5.82 Å². The number of nitrogens with zero attached hydrogens (tertiary/aromatic N) is 3. The van der Waals surface area contributed by atoms with Crippen molar-refractivity contribution < 1.29 is 18.7 Å². The monoisotopic (exact) mass is 460 g/mol. The summed E-state index contributed by atoms with van der Waals surface area (Å²) in [7, 11) is 1.54. The first kappa shape index (κ1) is 23.9. The normalized spacial score (nSPS) is 16.1. The van der Waals surface area contributed by atoms with Crippen LogP contribution in [0.3, 0.4) is 0 Å². The van der Waals surface area contributed by atoms with E-state index in [2.05, 4.69) is 10.4 Å². The van der Waals surface area contributed by atoms with Gasteiger partial charge < -0.3 is 15.0 Å². The molecule has 1 atom stereocenters.